The summed E-state index contributed by atoms with van der Waals surface area (Å²) in [5, 5.41) is 20.2. The summed E-state index contributed by atoms with van der Waals surface area (Å²) in [4.78, 5) is 26.0. The largest absolute Gasteiger partial charge is 0.479 e. The van der Waals surface area contributed by atoms with Crippen LogP contribution in [0.25, 0.3) is 0 Å². The van der Waals surface area contributed by atoms with E-state index in [0.717, 1.165) is 6.54 Å². The van der Waals surface area contributed by atoms with Gasteiger partial charge < -0.3 is 25.3 Å². The molecular weight excluding hydrogens is 250 g/mol. The quantitative estimate of drug-likeness (QED) is 0.570. The molecule has 0 heterocycles. The van der Waals surface area contributed by atoms with Gasteiger partial charge in [0.15, 0.2) is 6.10 Å². The molecule has 0 aliphatic heterocycles. The monoisotopic (exact) mass is 275 g/mol. The van der Waals surface area contributed by atoms with Crippen molar-refractivity contribution in [3.05, 3.63) is 0 Å². The number of urea groups is 1. The van der Waals surface area contributed by atoms with E-state index in [1.807, 2.05) is 32.8 Å². The molecule has 1 unspecified atom stereocenters. The number of aliphatic carboxylic acids is 1. The van der Waals surface area contributed by atoms with E-state index in [9.17, 15) is 9.59 Å². The number of nitrogens with one attached hydrogen (secondary N) is 1. The minimum absolute atomic E-state index is 0.000684. The van der Waals surface area contributed by atoms with Gasteiger partial charge in [-0.15, -0.1) is 0 Å². The zero-order chi connectivity index (χ0) is 15.0. The van der Waals surface area contributed by atoms with Crippen molar-refractivity contribution in [1.82, 2.24) is 15.1 Å². The van der Waals surface area contributed by atoms with Gasteiger partial charge >= 0.3 is 12.0 Å². The molecule has 7 heteroatoms. The number of aliphatic hydroxyl groups excluding tert-OH is 1. The second-order valence-corrected chi connectivity index (χ2v) is 4.77. The Kier molecular flexibility index (Phi) is 8.09. The first-order valence-corrected chi connectivity index (χ1v) is 6.39. The van der Waals surface area contributed by atoms with E-state index in [1.165, 1.54) is 0 Å². The third-order valence-electron chi connectivity index (χ3n) is 2.74. The van der Waals surface area contributed by atoms with Gasteiger partial charge in [-0.25, -0.2) is 9.59 Å². The highest BCUT2D eigenvalue weighted by Crippen LogP contribution is 2.01. The third-order valence-corrected chi connectivity index (χ3v) is 2.74. The minimum atomic E-state index is -1.44. The first-order chi connectivity index (χ1) is 8.79. The Morgan fingerprint density at radius 2 is 1.89 bits per heavy atom. The molecule has 0 aliphatic rings. The van der Waals surface area contributed by atoms with E-state index in [2.05, 4.69) is 5.32 Å². The predicted octanol–water partition coefficient (Wildman–Crippen LogP) is -0.196. The van der Waals surface area contributed by atoms with Crippen LogP contribution in [0.2, 0.25) is 0 Å². The lowest BCUT2D eigenvalue weighted by atomic mass is 10.2. The second kappa shape index (κ2) is 8.71. The molecule has 0 radical (unpaired) electrons. The molecule has 0 rings (SSSR count). The number of aliphatic hydroxyl groups is 1. The standard InChI is InChI=1S/C12H25N3O4/c1-5-15(9(2)8-14(3)4)12(19)13-7-6-10(16)11(17)18/h9-10,16H,5-8H2,1-4H3,(H,13,19)(H,17,18)/t9?,10-/m0/s1. The molecule has 0 aromatic carbocycles. The summed E-state index contributed by atoms with van der Waals surface area (Å²) < 4.78 is 0. The van der Waals surface area contributed by atoms with Crippen LogP contribution in [-0.4, -0.2) is 77.9 Å². The van der Waals surface area contributed by atoms with E-state index in [4.69, 9.17) is 10.2 Å². The number of carboxylic acid groups (broad SMARTS) is 1. The van der Waals surface area contributed by atoms with Gasteiger partial charge in [-0.2, -0.15) is 0 Å². The maximum absolute atomic E-state index is 11.9. The van der Waals surface area contributed by atoms with Gasteiger partial charge in [0.25, 0.3) is 0 Å². The molecule has 3 N–H and O–H groups in total. The van der Waals surface area contributed by atoms with Gasteiger partial charge in [0.2, 0.25) is 0 Å². The van der Waals surface area contributed by atoms with E-state index < -0.39 is 12.1 Å². The van der Waals surface area contributed by atoms with Crippen molar-refractivity contribution in [1.29, 1.82) is 0 Å². The van der Waals surface area contributed by atoms with Crippen LogP contribution in [0.15, 0.2) is 0 Å². The average molecular weight is 275 g/mol. The molecule has 0 aromatic heterocycles. The molecular formula is C12H25N3O4. The lowest BCUT2D eigenvalue weighted by molar-refractivity contribution is -0.146. The molecule has 0 fully saturated rings. The van der Waals surface area contributed by atoms with E-state index in [-0.39, 0.29) is 25.0 Å². The van der Waals surface area contributed by atoms with Gasteiger partial charge in [0.05, 0.1) is 0 Å². The number of carbonyl (C=O) groups is 2. The van der Waals surface area contributed by atoms with Crippen molar-refractivity contribution >= 4 is 12.0 Å². The van der Waals surface area contributed by atoms with E-state index in [1.54, 1.807) is 4.90 Å². The van der Waals surface area contributed by atoms with Gasteiger partial charge in [0, 0.05) is 32.1 Å². The summed E-state index contributed by atoms with van der Waals surface area (Å²) >= 11 is 0. The van der Waals surface area contributed by atoms with Crippen LogP contribution in [0.4, 0.5) is 4.79 Å². The zero-order valence-corrected chi connectivity index (χ0v) is 12.1. The van der Waals surface area contributed by atoms with E-state index >= 15 is 0 Å². The molecule has 2 amide bonds. The summed E-state index contributed by atoms with van der Waals surface area (Å²) in [5.41, 5.74) is 0. The first-order valence-electron chi connectivity index (χ1n) is 6.39. The van der Waals surface area contributed by atoms with Gasteiger partial charge in [-0.3, -0.25) is 0 Å². The number of carbonyl (C=O) groups excluding carboxylic acids is 1. The molecule has 112 valence electrons. The SMILES string of the molecule is CCN(C(=O)NCC[C@H](O)C(=O)O)C(C)CN(C)C. The smallest absolute Gasteiger partial charge is 0.332 e. The lowest BCUT2D eigenvalue weighted by Crippen LogP contribution is -2.48. The van der Waals surface area contributed by atoms with Crippen LogP contribution in [-0.2, 0) is 4.79 Å². The van der Waals surface area contributed by atoms with Crippen LogP contribution in [0, 0.1) is 0 Å². The van der Waals surface area contributed by atoms with Crippen molar-refractivity contribution < 1.29 is 19.8 Å². The van der Waals surface area contributed by atoms with Gasteiger partial charge in [-0.05, 0) is 27.9 Å². The summed E-state index contributed by atoms with van der Waals surface area (Å²) in [7, 11) is 3.87. The summed E-state index contributed by atoms with van der Waals surface area (Å²) in [6.45, 7) is 5.30. The number of rotatable bonds is 8. The molecule has 2 atom stereocenters. The summed E-state index contributed by atoms with van der Waals surface area (Å²) in [6.07, 6.45) is -1.43. The number of amides is 2. The highest BCUT2D eigenvalue weighted by atomic mass is 16.4. The van der Waals surface area contributed by atoms with E-state index in [0.29, 0.717) is 6.54 Å². The van der Waals surface area contributed by atoms with Crippen LogP contribution in [0.5, 0.6) is 0 Å². The van der Waals surface area contributed by atoms with Crippen molar-refractivity contribution in [2.24, 2.45) is 0 Å². The molecule has 7 nitrogen and oxygen atoms in total. The fraction of sp³-hybridized carbons (Fsp3) is 0.833. The van der Waals surface area contributed by atoms with Crippen molar-refractivity contribution in [3.63, 3.8) is 0 Å². The maximum Gasteiger partial charge on any atom is 0.332 e. The lowest BCUT2D eigenvalue weighted by Gasteiger charge is -2.30. The topological polar surface area (TPSA) is 93.1 Å². The van der Waals surface area contributed by atoms with Crippen molar-refractivity contribution in [2.45, 2.75) is 32.4 Å². The zero-order valence-electron chi connectivity index (χ0n) is 12.1. The molecule has 19 heavy (non-hydrogen) atoms. The highest BCUT2D eigenvalue weighted by Gasteiger charge is 2.19. The second-order valence-electron chi connectivity index (χ2n) is 4.77. The number of likely N-dealkylation sites (N-methyl/N-ethyl adjacent to an activating group) is 2. The minimum Gasteiger partial charge on any atom is -0.479 e. The molecule has 0 spiro atoms. The van der Waals surface area contributed by atoms with Crippen molar-refractivity contribution in [2.75, 3.05) is 33.7 Å². The summed E-state index contributed by atoms with van der Waals surface area (Å²) in [5.74, 6) is -1.28. The maximum atomic E-state index is 11.9. The Bertz CT molecular complexity index is 297. The molecule has 0 saturated heterocycles. The molecule has 0 aromatic rings. The normalized spacial score (nSPS) is 14.0. The third kappa shape index (κ3) is 6.97. The van der Waals surface area contributed by atoms with Gasteiger partial charge in [0.1, 0.15) is 0 Å². The van der Waals surface area contributed by atoms with Crippen LogP contribution in [0.3, 0.4) is 0 Å². The van der Waals surface area contributed by atoms with Gasteiger partial charge in [-0.1, -0.05) is 0 Å². The van der Waals surface area contributed by atoms with Crippen LogP contribution < -0.4 is 5.32 Å². The highest BCUT2D eigenvalue weighted by molar-refractivity contribution is 5.75. The number of hydrogen-bond acceptors (Lipinski definition) is 4. The fourth-order valence-electron chi connectivity index (χ4n) is 1.82. The summed E-state index contributed by atoms with van der Waals surface area (Å²) in [6, 6.07) is -0.182. The number of nitrogens with zero attached hydrogens (tertiary/aromatic N) is 2. The first kappa shape index (κ1) is 17.7. The Morgan fingerprint density at radius 3 is 2.32 bits per heavy atom. The number of carboxylic acids is 1. The number of hydrogen-bond donors (Lipinski definition) is 3. The fourth-order valence-corrected chi connectivity index (χ4v) is 1.82. The molecule has 0 bridgehead atoms. The van der Waals surface area contributed by atoms with Crippen molar-refractivity contribution in [3.8, 4) is 0 Å². The molecule has 0 aliphatic carbocycles. The predicted molar refractivity (Wildman–Crippen MR) is 72.1 cm³/mol. The Balaban J connectivity index is 4.18. The Hall–Kier alpha value is -1.34. The average Bonchev–Trinajstić information content (AvgIpc) is 2.28. The molecule has 0 saturated carbocycles. The van der Waals surface area contributed by atoms with Crippen LogP contribution >= 0.6 is 0 Å². The Labute approximate surface area is 114 Å². The van der Waals surface area contributed by atoms with Crippen LogP contribution in [0.1, 0.15) is 20.3 Å². The Morgan fingerprint density at radius 1 is 1.32 bits per heavy atom.